The molecule has 0 saturated carbocycles. The van der Waals surface area contributed by atoms with Gasteiger partial charge < -0.3 is 29.2 Å². The zero-order valence-electron chi connectivity index (χ0n) is 43.8. The first kappa shape index (κ1) is 61.2. The van der Waals surface area contributed by atoms with Crippen LogP contribution in [-0.2, 0) is 23.7 Å². The van der Waals surface area contributed by atoms with Crippen molar-refractivity contribution in [3.05, 3.63) is 48.6 Å². The molecule has 1 aliphatic rings. The van der Waals surface area contributed by atoms with Crippen molar-refractivity contribution in [2.45, 2.75) is 251 Å². The number of allylic oxidation sites excluding steroid dienone is 8. The van der Waals surface area contributed by atoms with E-state index >= 15 is 0 Å². The summed E-state index contributed by atoms with van der Waals surface area (Å²) < 4.78 is 24.7. The SMILES string of the molecule is CCCCC/C=C\C/C=C\CCCCCCCCC1(CCCCCCCC/C=C\C/C=C\CCCCC)OCC(CCN(C)CCCCCC(=O)NCCOCCOCCCC(C)C)O1. The minimum atomic E-state index is -0.387. The number of ether oxygens (including phenoxy) is 4. The Morgan fingerprint density at radius 2 is 1.09 bits per heavy atom. The lowest BCUT2D eigenvalue weighted by Gasteiger charge is -2.29. The van der Waals surface area contributed by atoms with Crippen molar-refractivity contribution < 1.29 is 23.7 Å². The van der Waals surface area contributed by atoms with E-state index in [-0.39, 0.29) is 17.8 Å². The molecule has 380 valence electrons. The van der Waals surface area contributed by atoms with E-state index in [1.807, 2.05) is 0 Å². The molecule has 1 N–H and O–H groups in total. The van der Waals surface area contributed by atoms with Gasteiger partial charge in [0.25, 0.3) is 0 Å². The maximum absolute atomic E-state index is 12.3. The molecule has 1 fully saturated rings. The molecule has 0 aliphatic carbocycles. The number of rotatable bonds is 49. The number of amides is 1. The molecule has 0 aromatic carbocycles. The van der Waals surface area contributed by atoms with Gasteiger partial charge >= 0.3 is 0 Å². The highest BCUT2D eigenvalue weighted by atomic mass is 16.7. The van der Waals surface area contributed by atoms with Gasteiger partial charge in [0.15, 0.2) is 5.79 Å². The van der Waals surface area contributed by atoms with Crippen LogP contribution in [0.4, 0.5) is 0 Å². The van der Waals surface area contributed by atoms with E-state index in [1.54, 1.807) is 0 Å². The molecule has 0 spiro atoms. The smallest absolute Gasteiger partial charge is 0.220 e. The van der Waals surface area contributed by atoms with Gasteiger partial charge in [0.2, 0.25) is 5.91 Å². The Balaban J connectivity index is 2.31. The lowest BCUT2D eigenvalue weighted by atomic mass is 9.98. The molecule has 1 heterocycles. The molecule has 0 radical (unpaired) electrons. The van der Waals surface area contributed by atoms with Crippen LogP contribution >= 0.6 is 0 Å². The van der Waals surface area contributed by atoms with E-state index in [0.717, 1.165) is 90.0 Å². The average molecular weight is 914 g/mol. The first-order valence-corrected chi connectivity index (χ1v) is 27.9. The molecule has 1 saturated heterocycles. The zero-order valence-corrected chi connectivity index (χ0v) is 43.8. The van der Waals surface area contributed by atoms with Crippen molar-refractivity contribution in [1.29, 1.82) is 0 Å². The fraction of sp³-hybridized carbons (Fsp3) is 0.845. The second-order valence-electron chi connectivity index (χ2n) is 19.6. The highest BCUT2D eigenvalue weighted by molar-refractivity contribution is 5.75. The Hall–Kier alpha value is -1.77. The second kappa shape index (κ2) is 47.3. The standard InChI is InChI=1S/C58H108N2O5/c1-6-8-10-12-14-16-18-20-22-24-26-28-30-32-34-38-45-58(46-39-35-33-31-29-27-25-23-21-19-17-15-13-11-9-7-2)64-54-56(65-58)44-49-60(5)48-40-36-37-43-57(61)59-47-51-63-53-52-62-50-41-42-55(3)4/h14-17,20-23,55-56H,6-13,18-19,24-54H2,1-5H3,(H,59,61)/b16-14-,17-15-,22-20-,23-21-. The van der Waals surface area contributed by atoms with Gasteiger partial charge in [0, 0.05) is 39.0 Å². The zero-order chi connectivity index (χ0) is 47.0. The predicted octanol–water partition coefficient (Wildman–Crippen LogP) is 16.0. The van der Waals surface area contributed by atoms with Gasteiger partial charge in [0.05, 0.1) is 32.5 Å². The maximum Gasteiger partial charge on any atom is 0.220 e. The van der Waals surface area contributed by atoms with Gasteiger partial charge in [-0.2, -0.15) is 0 Å². The van der Waals surface area contributed by atoms with Gasteiger partial charge in [-0.25, -0.2) is 0 Å². The maximum atomic E-state index is 12.3. The van der Waals surface area contributed by atoms with E-state index < -0.39 is 0 Å². The monoisotopic (exact) mass is 913 g/mol. The molecular weight excluding hydrogens is 805 g/mol. The van der Waals surface area contributed by atoms with Gasteiger partial charge in [-0.15, -0.1) is 0 Å². The van der Waals surface area contributed by atoms with Crippen LogP contribution in [0.1, 0.15) is 240 Å². The third kappa shape index (κ3) is 42.1. The minimum absolute atomic E-state index is 0.125. The number of unbranched alkanes of at least 4 members (excludes halogenated alkanes) is 20. The summed E-state index contributed by atoms with van der Waals surface area (Å²) in [4.78, 5) is 14.7. The predicted molar refractivity (Wildman–Crippen MR) is 281 cm³/mol. The molecular formula is C58H108N2O5. The van der Waals surface area contributed by atoms with Crippen LogP contribution in [0.15, 0.2) is 48.6 Å². The summed E-state index contributed by atoms with van der Waals surface area (Å²) in [6.07, 6.45) is 58.6. The summed E-state index contributed by atoms with van der Waals surface area (Å²) in [5.41, 5.74) is 0. The van der Waals surface area contributed by atoms with Gasteiger partial charge in [0.1, 0.15) is 0 Å². The summed E-state index contributed by atoms with van der Waals surface area (Å²) >= 11 is 0. The second-order valence-corrected chi connectivity index (χ2v) is 19.6. The van der Waals surface area contributed by atoms with Crippen molar-refractivity contribution in [1.82, 2.24) is 10.2 Å². The van der Waals surface area contributed by atoms with Crippen molar-refractivity contribution in [3.63, 3.8) is 0 Å². The van der Waals surface area contributed by atoms with Crippen LogP contribution in [0.5, 0.6) is 0 Å². The number of nitrogens with zero attached hydrogens (tertiary/aromatic N) is 1. The summed E-state index contributed by atoms with van der Waals surface area (Å²) in [7, 11) is 2.22. The molecule has 1 unspecified atom stereocenters. The minimum Gasteiger partial charge on any atom is -0.379 e. The Bertz CT molecular complexity index is 1090. The Morgan fingerprint density at radius 3 is 1.63 bits per heavy atom. The molecule has 1 rings (SSSR count). The number of hydrogen-bond acceptors (Lipinski definition) is 6. The third-order valence-corrected chi connectivity index (χ3v) is 12.7. The van der Waals surface area contributed by atoms with Gasteiger partial charge in [-0.1, -0.05) is 160 Å². The van der Waals surface area contributed by atoms with Crippen molar-refractivity contribution in [2.75, 3.05) is 59.7 Å². The molecule has 1 atom stereocenters. The van der Waals surface area contributed by atoms with Crippen molar-refractivity contribution >= 4 is 5.91 Å². The number of carbonyl (C=O) groups excluding carboxylic acids is 1. The summed E-state index contributed by atoms with van der Waals surface area (Å²) in [5.74, 6) is 0.462. The molecule has 7 nitrogen and oxygen atoms in total. The van der Waals surface area contributed by atoms with Crippen LogP contribution < -0.4 is 5.32 Å². The van der Waals surface area contributed by atoms with E-state index in [1.165, 1.54) is 148 Å². The van der Waals surface area contributed by atoms with E-state index in [0.29, 0.717) is 32.8 Å². The molecule has 0 bridgehead atoms. The van der Waals surface area contributed by atoms with Crippen LogP contribution in [0, 0.1) is 5.92 Å². The first-order valence-electron chi connectivity index (χ1n) is 27.9. The Labute approximate surface area is 404 Å². The topological polar surface area (TPSA) is 69.3 Å². The normalized spacial score (nSPS) is 15.5. The molecule has 1 aliphatic heterocycles. The van der Waals surface area contributed by atoms with Crippen molar-refractivity contribution in [3.8, 4) is 0 Å². The molecule has 65 heavy (non-hydrogen) atoms. The molecule has 7 heteroatoms. The van der Waals surface area contributed by atoms with Crippen LogP contribution in [0.2, 0.25) is 0 Å². The van der Waals surface area contributed by atoms with Crippen molar-refractivity contribution in [2.24, 2.45) is 5.92 Å². The lowest BCUT2D eigenvalue weighted by Crippen LogP contribution is -2.32. The summed E-state index contributed by atoms with van der Waals surface area (Å²) in [6, 6.07) is 0. The van der Waals surface area contributed by atoms with E-state index in [9.17, 15) is 4.79 Å². The van der Waals surface area contributed by atoms with E-state index in [2.05, 4.69) is 93.6 Å². The Morgan fingerprint density at radius 1 is 0.600 bits per heavy atom. The molecule has 0 aromatic rings. The van der Waals surface area contributed by atoms with Gasteiger partial charge in [-0.3, -0.25) is 4.79 Å². The van der Waals surface area contributed by atoms with Crippen LogP contribution in [0.25, 0.3) is 0 Å². The fourth-order valence-electron chi connectivity index (χ4n) is 8.50. The molecule has 1 amide bonds. The number of hydrogen-bond donors (Lipinski definition) is 1. The molecule has 0 aromatic heterocycles. The number of carbonyl (C=O) groups is 1. The van der Waals surface area contributed by atoms with Crippen LogP contribution in [-0.4, -0.2) is 82.4 Å². The third-order valence-electron chi connectivity index (χ3n) is 12.7. The van der Waals surface area contributed by atoms with E-state index in [4.69, 9.17) is 18.9 Å². The first-order chi connectivity index (χ1) is 31.9. The highest BCUT2D eigenvalue weighted by Crippen LogP contribution is 2.35. The van der Waals surface area contributed by atoms with Gasteiger partial charge in [-0.05, 0) is 129 Å². The number of nitrogens with one attached hydrogen (secondary N) is 1. The largest absolute Gasteiger partial charge is 0.379 e. The quantitative estimate of drug-likeness (QED) is 0.0484. The summed E-state index contributed by atoms with van der Waals surface area (Å²) in [5, 5.41) is 2.99. The fourth-order valence-corrected chi connectivity index (χ4v) is 8.50. The summed E-state index contributed by atoms with van der Waals surface area (Å²) in [6.45, 7) is 14.9. The highest BCUT2D eigenvalue weighted by Gasteiger charge is 2.40. The van der Waals surface area contributed by atoms with Crippen LogP contribution in [0.3, 0.4) is 0 Å². The lowest BCUT2D eigenvalue weighted by molar-refractivity contribution is -0.180. The Kier molecular flexibility index (Phi) is 44.6. The average Bonchev–Trinajstić information content (AvgIpc) is 3.71.